The number of terminal acetylenes is 1. The first-order valence-electron chi connectivity index (χ1n) is 22.1. The summed E-state index contributed by atoms with van der Waals surface area (Å²) < 4.78 is 70.6. The highest BCUT2D eigenvalue weighted by atomic mass is 32.2. The summed E-state index contributed by atoms with van der Waals surface area (Å²) in [5.74, 6) is 5.64. The van der Waals surface area contributed by atoms with Gasteiger partial charge in [-0.3, -0.25) is 9.11 Å². The van der Waals surface area contributed by atoms with Crippen LogP contribution in [0.5, 0.6) is 0 Å². The largest absolute Gasteiger partial charge is 0.377 e. The van der Waals surface area contributed by atoms with Crippen molar-refractivity contribution in [1.82, 2.24) is 14.6 Å². The zero-order chi connectivity index (χ0) is 45.2. The van der Waals surface area contributed by atoms with E-state index in [1.54, 1.807) is 5.57 Å². The number of likely N-dealkylation sites (N-methyl/N-ethyl adjacent to an activating group) is 1. The molecule has 6 atom stereocenters. The van der Waals surface area contributed by atoms with Gasteiger partial charge in [-0.1, -0.05) is 103 Å². The lowest BCUT2D eigenvalue weighted by Gasteiger charge is -2.58. The Morgan fingerprint density at radius 2 is 1.45 bits per heavy atom. The molecule has 3 N–H and O–H groups in total. The van der Waals surface area contributed by atoms with Gasteiger partial charge in [-0.15, -0.1) is 6.42 Å². The second-order valence-electron chi connectivity index (χ2n) is 19.0. The first-order chi connectivity index (χ1) is 30.4. The summed E-state index contributed by atoms with van der Waals surface area (Å²) in [6.45, 7) is 7.90. The molecule has 6 aromatic rings. The molecule has 0 amide bonds. The van der Waals surface area contributed by atoms with Crippen LogP contribution in [0.25, 0.3) is 27.8 Å². The number of hydrogen-bond donors (Lipinski definition) is 3. The van der Waals surface area contributed by atoms with Gasteiger partial charge in [-0.25, -0.2) is 0 Å². The number of para-hydroxylation sites is 1. The molecule has 13 heteroatoms. The normalized spacial score (nSPS) is 27.3. The lowest BCUT2D eigenvalue weighted by Crippen LogP contribution is -2.54. The molecule has 0 bridgehead atoms. The molecule has 0 radical (unpaired) electrons. The third-order valence-electron chi connectivity index (χ3n) is 15.6. The Morgan fingerprint density at radius 3 is 2.12 bits per heavy atom. The highest BCUT2D eigenvalue weighted by molar-refractivity contribution is 7.86. The summed E-state index contributed by atoms with van der Waals surface area (Å²) in [5, 5.41) is 16.6. The maximum absolute atomic E-state index is 11.2. The van der Waals surface area contributed by atoms with Gasteiger partial charge in [0.05, 0.1) is 6.20 Å². The molecule has 3 saturated carbocycles. The Bertz CT molecular complexity index is 2990. The van der Waals surface area contributed by atoms with Crippen LogP contribution in [0.3, 0.4) is 0 Å². The first-order valence-corrected chi connectivity index (χ1v) is 25.0. The van der Waals surface area contributed by atoms with Crippen LogP contribution in [0.15, 0.2) is 117 Å². The van der Waals surface area contributed by atoms with Crippen LogP contribution >= 0.6 is 0 Å². The van der Waals surface area contributed by atoms with Crippen LogP contribution in [-0.4, -0.2) is 64.9 Å². The molecule has 0 spiro atoms. The second-order valence-corrected chi connectivity index (χ2v) is 21.7. The smallest absolute Gasteiger partial charge is 0.295 e. The van der Waals surface area contributed by atoms with Crippen molar-refractivity contribution >= 4 is 48.0 Å². The quantitative estimate of drug-likeness (QED) is 0.115. The SMILES string of the molecule is C#CC1(O)CCC2C3CCC4=Cc5oncc5CC4(C)C3CCC21C.CN1CCc2c(c3ccccc3n2Cc2ccccc2)C1.O=S(=O)(O)c1cccc2c(S(=O)(=O)O)cccc12. The molecule has 11 rings (SSSR count). The maximum Gasteiger partial charge on any atom is 0.295 e. The number of fused-ring (bicyclic) bond motifs is 10. The van der Waals surface area contributed by atoms with Gasteiger partial charge >= 0.3 is 0 Å². The number of benzene rings is 4. The van der Waals surface area contributed by atoms with Crippen molar-refractivity contribution in [3.8, 4) is 12.3 Å². The van der Waals surface area contributed by atoms with E-state index >= 15 is 0 Å². The van der Waals surface area contributed by atoms with Crippen molar-refractivity contribution < 1.29 is 35.6 Å². The standard InChI is InChI=1S/C22H27NO2.C19H20N2.C10H8O6S2/c1-4-22(24)10-8-18-16-6-5-15-11-19-14(13-23-25-19)12-20(15,2)17(16)7-9-21(18,22)3;1-20-12-11-19-17(14-20)16-9-5-6-10-18(16)21(19)13-15-7-3-2-4-8-15;11-17(12,13)9-5-1-3-7-8(9)4-2-6-10(7)18(14,15)16/h1,11,13,16-18,24H,5-10,12H2,2-3H3;2-10H,11-14H2,1H3;1-6H,(H,11,12,13)(H,14,15,16). The van der Waals surface area contributed by atoms with Crippen LogP contribution < -0.4 is 0 Å². The minimum absolute atomic E-state index is 0.0233. The fourth-order valence-corrected chi connectivity index (χ4v) is 13.7. The van der Waals surface area contributed by atoms with Crippen LogP contribution in [0.4, 0.5) is 0 Å². The monoisotopic (exact) mass is 901 g/mol. The fraction of sp³-hybridized carbons (Fsp3) is 0.392. The van der Waals surface area contributed by atoms with E-state index in [2.05, 4.69) is 102 Å². The van der Waals surface area contributed by atoms with Crippen LogP contribution in [0.2, 0.25) is 0 Å². The molecule has 64 heavy (non-hydrogen) atoms. The Hall–Kier alpha value is -5.07. The average molecular weight is 902 g/mol. The van der Waals surface area contributed by atoms with E-state index in [0.717, 1.165) is 82.5 Å². The molecule has 4 aliphatic carbocycles. The number of hydrogen-bond acceptors (Lipinski definition) is 8. The lowest BCUT2D eigenvalue weighted by molar-refractivity contribution is -0.0975. The molecule has 0 saturated heterocycles. The van der Waals surface area contributed by atoms with Crippen molar-refractivity contribution in [2.75, 3.05) is 13.6 Å². The molecular weight excluding hydrogens is 847 g/mol. The number of nitrogens with zero attached hydrogens (tertiary/aromatic N) is 3. The molecule has 2 aromatic heterocycles. The molecule has 5 aliphatic rings. The zero-order valence-electron chi connectivity index (χ0n) is 36.4. The summed E-state index contributed by atoms with van der Waals surface area (Å²) in [5.41, 5.74) is 7.79. The molecule has 3 fully saturated rings. The molecule has 11 nitrogen and oxygen atoms in total. The Balaban J connectivity index is 0.000000123. The summed E-state index contributed by atoms with van der Waals surface area (Å²) in [6, 6.07) is 27.1. The van der Waals surface area contributed by atoms with Crippen LogP contribution in [-0.2, 0) is 46.2 Å². The topological polar surface area (TPSA) is 163 Å². The average Bonchev–Trinajstić information content (AvgIpc) is 3.93. The summed E-state index contributed by atoms with van der Waals surface area (Å²) in [4.78, 5) is 1.60. The first kappa shape index (κ1) is 44.1. The molecule has 4 aromatic carbocycles. The Morgan fingerprint density at radius 1 is 0.812 bits per heavy atom. The van der Waals surface area contributed by atoms with E-state index in [1.807, 2.05) is 6.20 Å². The molecule has 6 unspecified atom stereocenters. The van der Waals surface area contributed by atoms with Gasteiger partial charge in [0, 0.05) is 64.4 Å². The van der Waals surface area contributed by atoms with Gasteiger partial charge in [0.1, 0.15) is 15.4 Å². The van der Waals surface area contributed by atoms with Crippen molar-refractivity contribution in [3.05, 3.63) is 131 Å². The van der Waals surface area contributed by atoms with Gasteiger partial charge in [0.2, 0.25) is 0 Å². The van der Waals surface area contributed by atoms with Gasteiger partial charge < -0.3 is 19.1 Å². The minimum Gasteiger partial charge on any atom is -0.377 e. The van der Waals surface area contributed by atoms with E-state index in [-0.39, 0.29) is 21.6 Å². The summed E-state index contributed by atoms with van der Waals surface area (Å²) in [7, 11) is -6.72. The van der Waals surface area contributed by atoms with Crippen molar-refractivity contribution in [3.63, 3.8) is 0 Å². The predicted octanol–water partition coefficient (Wildman–Crippen LogP) is 9.23. The number of rotatable bonds is 4. The molecular formula is C51H55N3O8S2. The molecule has 1 aliphatic heterocycles. The van der Waals surface area contributed by atoms with E-state index < -0.39 is 35.6 Å². The van der Waals surface area contributed by atoms with Gasteiger partial charge in [-0.05, 0) is 111 Å². The number of allylic oxidation sites excluding steroid dienone is 1. The van der Waals surface area contributed by atoms with E-state index in [9.17, 15) is 21.9 Å². The summed E-state index contributed by atoms with van der Waals surface area (Å²) >= 11 is 0. The van der Waals surface area contributed by atoms with Gasteiger partial charge in [0.15, 0.2) is 5.76 Å². The minimum atomic E-state index is -4.47. The van der Waals surface area contributed by atoms with E-state index in [0.29, 0.717) is 17.8 Å². The Labute approximate surface area is 375 Å². The lowest BCUT2D eigenvalue weighted by atomic mass is 9.46. The van der Waals surface area contributed by atoms with Gasteiger partial charge in [0.25, 0.3) is 20.2 Å². The summed E-state index contributed by atoms with van der Waals surface area (Å²) in [6.07, 6.45) is 18.5. The predicted molar refractivity (Wildman–Crippen MR) is 247 cm³/mol. The Kier molecular flexibility index (Phi) is 11.3. The van der Waals surface area contributed by atoms with Crippen molar-refractivity contribution in [2.45, 2.75) is 93.7 Å². The second kappa shape index (κ2) is 16.4. The molecule has 3 heterocycles. The van der Waals surface area contributed by atoms with Crippen molar-refractivity contribution in [2.24, 2.45) is 28.6 Å². The zero-order valence-corrected chi connectivity index (χ0v) is 38.1. The van der Waals surface area contributed by atoms with Crippen LogP contribution in [0, 0.1) is 40.9 Å². The third kappa shape index (κ3) is 7.61. The van der Waals surface area contributed by atoms with E-state index in [4.69, 9.17) is 20.1 Å². The molecule has 334 valence electrons. The highest BCUT2D eigenvalue weighted by Gasteiger charge is 2.63. The number of aromatic nitrogens is 2. The maximum atomic E-state index is 11.2. The fourth-order valence-electron chi connectivity index (χ4n) is 12.3. The third-order valence-corrected chi connectivity index (χ3v) is 17.4. The van der Waals surface area contributed by atoms with Crippen LogP contribution in [0.1, 0.15) is 80.5 Å². The van der Waals surface area contributed by atoms with Gasteiger partial charge in [-0.2, -0.15) is 16.8 Å². The van der Waals surface area contributed by atoms with E-state index in [1.165, 1.54) is 64.0 Å². The van der Waals surface area contributed by atoms with Crippen molar-refractivity contribution in [1.29, 1.82) is 0 Å². The highest BCUT2D eigenvalue weighted by Crippen LogP contribution is 2.67. The number of aliphatic hydroxyl groups is 1.